The maximum absolute atomic E-state index is 12.9. The summed E-state index contributed by atoms with van der Waals surface area (Å²) in [6, 6.07) is 7.43. The Kier molecular flexibility index (Phi) is 4.26. The number of piperazine rings is 1. The van der Waals surface area contributed by atoms with Gasteiger partial charge in [-0.1, -0.05) is 0 Å². The van der Waals surface area contributed by atoms with Crippen LogP contribution < -0.4 is 10.1 Å². The van der Waals surface area contributed by atoms with Gasteiger partial charge in [-0.05, 0) is 38.1 Å². The number of fused-ring (bicyclic) bond motifs is 1. The Morgan fingerprint density at radius 1 is 1.29 bits per heavy atom. The summed E-state index contributed by atoms with van der Waals surface area (Å²) in [4.78, 5) is 28.0. The standard InChI is InChI=1S/C17H23N3O4/c1-17(2,18-12-4-6-14(23-3)7-5-12)15(21)19-8-9-20-13(10-19)11-24-16(20)22/h4-7,13,18H,8-11H2,1-3H3. The highest BCUT2D eigenvalue weighted by molar-refractivity contribution is 5.89. The van der Waals surface area contributed by atoms with Crippen LogP contribution in [0.4, 0.5) is 10.5 Å². The van der Waals surface area contributed by atoms with Crippen molar-refractivity contribution < 1.29 is 19.1 Å². The van der Waals surface area contributed by atoms with E-state index in [2.05, 4.69) is 5.32 Å². The molecule has 7 heteroatoms. The highest BCUT2D eigenvalue weighted by atomic mass is 16.6. The van der Waals surface area contributed by atoms with Crippen LogP contribution in [0.5, 0.6) is 5.75 Å². The van der Waals surface area contributed by atoms with Crippen molar-refractivity contribution >= 4 is 17.7 Å². The van der Waals surface area contributed by atoms with Gasteiger partial charge >= 0.3 is 6.09 Å². The first-order valence-corrected chi connectivity index (χ1v) is 8.06. The molecule has 2 aliphatic heterocycles. The van der Waals surface area contributed by atoms with E-state index in [1.165, 1.54) is 0 Å². The maximum Gasteiger partial charge on any atom is 0.410 e. The summed E-state index contributed by atoms with van der Waals surface area (Å²) < 4.78 is 10.2. The first-order valence-electron chi connectivity index (χ1n) is 8.06. The Bertz CT molecular complexity index is 629. The number of hydrogen-bond acceptors (Lipinski definition) is 5. The monoisotopic (exact) mass is 333 g/mol. The molecule has 1 aromatic rings. The van der Waals surface area contributed by atoms with Crippen LogP contribution in [0.1, 0.15) is 13.8 Å². The van der Waals surface area contributed by atoms with Gasteiger partial charge in [0.2, 0.25) is 5.91 Å². The lowest BCUT2D eigenvalue weighted by Crippen LogP contribution is -2.59. The summed E-state index contributed by atoms with van der Waals surface area (Å²) >= 11 is 0. The number of anilines is 1. The second-order valence-electron chi connectivity index (χ2n) is 6.65. The lowest BCUT2D eigenvalue weighted by molar-refractivity contribution is -0.137. The second-order valence-corrected chi connectivity index (χ2v) is 6.65. The highest BCUT2D eigenvalue weighted by Gasteiger charge is 2.41. The summed E-state index contributed by atoms with van der Waals surface area (Å²) in [6.07, 6.45) is -0.275. The van der Waals surface area contributed by atoms with Gasteiger partial charge in [-0.25, -0.2) is 4.79 Å². The molecule has 2 fully saturated rings. The van der Waals surface area contributed by atoms with E-state index in [4.69, 9.17) is 9.47 Å². The number of cyclic esters (lactones) is 1. The van der Waals surface area contributed by atoms with Crippen LogP contribution in [0.15, 0.2) is 24.3 Å². The van der Waals surface area contributed by atoms with Crippen molar-refractivity contribution in [1.29, 1.82) is 0 Å². The van der Waals surface area contributed by atoms with Gasteiger partial charge in [0, 0.05) is 25.3 Å². The number of methoxy groups -OCH3 is 1. The molecule has 2 saturated heterocycles. The number of rotatable bonds is 4. The molecule has 0 aromatic heterocycles. The Morgan fingerprint density at radius 2 is 2.00 bits per heavy atom. The van der Waals surface area contributed by atoms with Crippen LogP contribution >= 0.6 is 0 Å². The van der Waals surface area contributed by atoms with Crippen molar-refractivity contribution in [3.8, 4) is 5.75 Å². The number of nitrogens with one attached hydrogen (secondary N) is 1. The summed E-state index contributed by atoms with van der Waals surface area (Å²) in [6.45, 7) is 5.64. The van der Waals surface area contributed by atoms with Crippen LogP contribution in [0.2, 0.25) is 0 Å². The molecule has 1 aromatic carbocycles. The highest BCUT2D eigenvalue weighted by Crippen LogP contribution is 2.23. The van der Waals surface area contributed by atoms with Crippen molar-refractivity contribution in [3.05, 3.63) is 24.3 Å². The summed E-state index contributed by atoms with van der Waals surface area (Å²) in [7, 11) is 1.62. The largest absolute Gasteiger partial charge is 0.497 e. The van der Waals surface area contributed by atoms with E-state index >= 15 is 0 Å². The van der Waals surface area contributed by atoms with Gasteiger partial charge < -0.3 is 19.7 Å². The molecular formula is C17H23N3O4. The number of amides is 2. The van der Waals surface area contributed by atoms with Gasteiger partial charge in [-0.15, -0.1) is 0 Å². The van der Waals surface area contributed by atoms with Crippen molar-refractivity contribution in [1.82, 2.24) is 9.80 Å². The molecule has 0 saturated carbocycles. The third-order valence-corrected chi connectivity index (χ3v) is 4.49. The Balaban J connectivity index is 1.65. The molecule has 0 bridgehead atoms. The molecule has 1 atom stereocenters. The smallest absolute Gasteiger partial charge is 0.410 e. The minimum atomic E-state index is -0.750. The first-order chi connectivity index (χ1) is 11.4. The molecule has 2 aliphatic rings. The molecule has 1 unspecified atom stereocenters. The van der Waals surface area contributed by atoms with E-state index in [0.29, 0.717) is 26.2 Å². The van der Waals surface area contributed by atoms with Gasteiger partial charge in [0.1, 0.15) is 17.9 Å². The number of ether oxygens (including phenoxy) is 2. The lowest BCUT2D eigenvalue weighted by atomic mass is 10.0. The molecule has 130 valence electrons. The number of nitrogens with zero attached hydrogens (tertiary/aromatic N) is 2. The van der Waals surface area contributed by atoms with Gasteiger partial charge in [-0.3, -0.25) is 9.69 Å². The van der Waals surface area contributed by atoms with Gasteiger partial charge in [0.15, 0.2) is 0 Å². The van der Waals surface area contributed by atoms with Crippen molar-refractivity contribution in [3.63, 3.8) is 0 Å². The molecule has 0 aliphatic carbocycles. The lowest BCUT2D eigenvalue weighted by Gasteiger charge is -2.39. The molecule has 2 heterocycles. The maximum atomic E-state index is 12.9. The van der Waals surface area contributed by atoms with E-state index in [1.54, 1.807) is 16.9 Å². The number of carbonyl (C=O) groups excluding carboxylic acids is 2. The molecule has 0 spiro atoms. The second kappa shape index (κ2) is 6.22. The molecule has 24 heavy (non-hydrogen) atoms. The normalized spacial score (nSPS) is 20.5. The fraction of sp³-hybridized carbons (Fsp3) is 0.529. The van der Waals surface area contributed by atoms with E-state index in [1.807, 2.05) is 38.1 Å². The molecule has 2 amide bonds. The minimum Gasteiger partial charge on any atom is -0.497 e. The fourth-order valence-corrected chi connectivity index (χ4v) is 3.16. The quantitative estimate of drug-likeness (QED) is 0.905. The number of carbonyl (C=O) groups is 2. The van der Waals surface area contributed by atoms with E-state index in [0.717, 1.165) is 11.4 Å². The molecule has 1 N–H and O–H groups in total. The number of hydrogen-bond donors (Lipinski definition) is 1. The van der Waals surface area contributed by atoms with E-state index < -0.39 is 5.54 Å². The SMILES string of the molecule is COc1ccc(NC(C)(C)C(=O)N2CCN3C(=O)OCC3C2)cc1. The predicted octanol–water partition coefficient (Wildman–Crippen LogP) is 1.55. The van der Waals surface area contributed by atoms with Gasteiger partial charge in [0.05, 0.1) is 13.2 Å². The zero-order chi connectivity index (χ0) is 17.3. The summed E-state index contributed by atoms with van der Waals surface area (Å²) in [5.41, 5.74) is 0.104. The Morgan fingerprint density at radius 3 is 2.67 bits per heavy atom. The van der Waals surface area contributed by atoms with Crippen LogP contribution in [-0.2, 0) is 9.53 Å². The molecule has 3 rings (SSSR count). The van der Waals surface area contributed by atoms with Crippen LogP contribution in [0.25, 0.3) is 0 Å². The molecular weight excluding hydrogens is 310 g/mol. The van der Waals surface area contributed by atoms with E-state index in [-0.39, 0.29) is 18.0 Å². The Hall–Kier alpha value is -2.44. The number of benzene rings is 1. The predicted molar refractivity (Wildman–Crippen MR) is 89.1 cm³/mol. The topological polar surface area (TPSA) is 71.1 Å². The third kappa shape index (κ3) is 3.11. The van der Waals surface area contributed by atoms with Gasteiger partial charge in [0.25, 0.3) is 0 Å². The van der Waals surface area contributed by atoms with Crippen LogP contribution in [0.3, 0.4) is 0 Å². The zero-order valence-corrected chi connectivity index (χ0v) is 14.2. The average Bonchev–Trinajstić information content (AvgIpc) is 2.95. The first kappa shape index (κ1) is 16.4. The van der Waals surface area contributed by atoms with Crippen molar-refractivity contribution in [2.75, 3.05) is 38.7 Å². The van der Waals surface area contributed by atoms with Crippen LogP contribution in [0, 0.1) is 0 Å². The summed E-state index contributed by atoms with van der Waals surface area (Å²) in [5.74, 6) is 0.782. The van der Waals surface area contributed by atoms with Crippen molar-refractivity contribution in [2.24, 2.45) is 0 Å². The average molecular weight is 333 g/mol. The zero-order valence-electron chi connectivity index (χ0n) is 14.2. The minimum absolute atomic E-state index is 0.0114. The Labute approximate surface area is 141 Å². The van der Waals surface area contributed by atoms with E-state index in [9.17, 15) is 9.59 Å². The van der Waals surface area contributed by atoms with Crippen molar-refractivity contribution in [2.45, 2.75) is 25.4 Å². The van der Waals surface area contributed by atoms with Crippen LogP contribution in [-0.4, -0.2) is 66.7 Å². The summed E-state index contributed by atoms with van der Waals surface area (Å²) in [5, 5.41) is 3.28. The fourth-order valence-electron chi connectivity index (χ4n) is 3.16. The molecule has 0 radical (unpaired) electrons. The third-order valence-electron chi connectivity index (χ3n) is 4.49. The molecule has 7 nitrogen and oxygen atoms in total. The van der Waals surface area contributed by atoms with Gasteiger partial charge in [-0.2, -0.15) is 0 Å².